The third kappa shape index (κ3) is 3.52. The lowest BCUT2D eigenvalue weighted by atomic mass is 9.43. The standard InChI is InChI=1S/C22H26Cl2N2O4S/c23-15-2-1-3-16(18(15)24)31(29,30)26-22(4-5-22)17(27)11-20-7-13-6-14(8-20)10-21(9-13,12-20)19(25)28/h1-3,13-14,26H,4-12H2,(H2,25,28). The zero-order valence-corrected chi connectivity index (χ0v) is 19.5. The maximum atomic E-state index is 13.4. The molecule has 5 aliphatic rings. The zero-order chi connectivity index (χ0) is 22.2. The number of rotatable bonds is 7. The summed E-state index contributed by atoms with van der Waals surface area (Å²) < 4.78 is 28.6. The zero-order valence-electron chi connectivity index (χ0n) is 17.1. The van der Waals surface area contributed by atoms with E-state index in [-0.39, 0.29) is 32.0 Å². The minimum atomic E-state index is -4.01. The molecule has 5 aliphatic carbocycles. The number of amides is 1. The Bertz CT molecular complexity index is 1070. The molecule has 1 amide bonds. The van der Waals surface area contributed by atoms with Gasteiger partial charge in [-0.3, -0.25) is 9.59 Å². The van der Waals surface area contributed by atoms with Gasteiger partial charge in [-0.15, -0.1) is 0 Å². The van der Waals surface area contributed by atoms with E-state index in [1.165, 1.54) is 18.2 Å². The molecule has 2 atom stereocenters. The molecule has 0 saturated heterocycles. The molecule has 31 heavy (non-hydrogen) atoms. The van der Waals surface area contributed by atoms with Crippen molar-refractivity contribution in [3.63, 3.8) is 0 Å². The molecule has 5 saturated carbocycles. The summed E-state index contributed by atoms with van der Waals surface area (Å²) in [5.41, 5.74) is 3.99. The lowest BCUT2D eigenvalue weighted by Crippen LogP contribution is -2.58. The Kier molecular flexibility index (Phi) is 4.84. The number of hydrogen-bond donors (Lipinski definition) is 2. The second-order valence-corrected chi connectivity index (χ2v) is 12.9. The quantitative estimate of drug-likeness (QED) is 0.612. The van der Waals surface area contributed by atoms with Crippen LogP contribution >= 0.6 is 23.2 Å². The van der Waals surface area contributed by atoms with Gasteiger partial charge in [0.25, 0.3) is 0 Å². The number of carbonyl (C=O) groups excluding carboxylic acids is 2. The number of ketones is 1. The van der Waals surface area contributed by atoms with Crippen molar-refractivity contribution in [2.75, 3.05) is 0 Å². The monoisotopic (exact) mass is 484 g/mol. The number of hydrogen-bond acceptors (Lipinski definition) is 4. The highest BCUT2D eigenvalue weighted by Gasteiger charge is 2.62. The summed E-state index contributed by atoms with van der Waals surface area (Å²) in [4.78, 5) is 25.6. The van der Waals surface area contributed by atoms with Crippen LogP contribution in [0.4, 0.5) is 0 Å². The van der Waals surface area contributed by atoms with Crippen molar-refractivity contribution in [1.29, 1.82) is 0 Å². The first-order valence-electron chi connectivity index (χ1n) is 10.8. The van der Waals surface area contributed by atoms with E-state index < -0.39 is 21.0 Å². The summed E-state index contributed by atoms with van der Waals surface area (Å²) in [6, 6.07) is 4.41. The number of nitrogens with two attached hydrogens (primary N) is 1. The fourth-order valence-corrected chi connectivity index (χ4v) is 9.23. The van der Waals surface area contributed by atoms with Crippen molar-refractivity contribution in [1.82, 2.24) is 4.72 Å². The minimum absolute atomic E-state index is 0.0515. The molecule has 1 aromatic carbocycles. The average molecular weight is 485 g/mol. The van der Waals surface area contributed by atoms with Gasteiger partial charge in [0.15, 0.2) is 5.78 Å². The molecule has 168 valence electrons. The predicted molar refractivity (Wildman–Crippen MR) is 117 cm³/mol. The maximum absolute atomic E-state index is 13.4. The fraction of sp³-hybridized carbons (Fsp3) is 0.636. The molecule has 0 spiro atoms. The molecule has 1 aromatic rings. The van der Waals surface area contributed by atoms with E-state index in [1.54, 1.807) is 0 Å². The summed E-state index contributed by atoms with van der Waals surface area (Å²) >= 11 is 12.1. The van der Waals surface area contributed by atoms with Gasteiger partial charge in [-0.2, -0.15) is 4.72 Å². The molecule has 4 bridgehead atoms. The Hall–Kier alpha value is -1.15. The molecule has 0 radical (unpaired) electrons. The molecular formula is C22H26Cl2N2O4S. The average Bonchev–Trinajstić information content (AvgIpc) is 3.42. The van der Waals surface area contributed by atoms with E-state index in [4.69, 9.17) is 28.9 Å². The van der Waals surface area contributed by atoms with Crippen LogP contribution in [0.5, 0.6) is 0 Å². The number of nitrogens with one attached hydrogen (secondary N) is 1. The van der Waals surface area contributed by atoms with E-state index in [0.29, 0.717) is 37.5 Å². The summed E-state index contributed by atoms with van der Waals surface area (Å²) in [6.45, 7) is 0. The molecule has 6 nitrogen and oxygen atoms in total. The van der Waals surface area contributed by atoms with Gasteiger partial charge in [0.2, 0.25) is 15.9 Å². The van der Waals surface area contributed by atoms with Gasteiger partial charge >= 0.3 is 0 Å². The van der Waals surface area contributed by atoms with Crippen molar-refractivity contribution in [2.45, 2.75) is 68.2 Å². The SMILES string of the molecule is NC(=O)C12CC3CC(CC(CC(=O)C4(NS(=O)(=O)c5cccc(Cl)c5Cl)CC4)(C3)C1)C2. The summed E-state index contributed by atoms with van der Waals surface area (Å²) in [5, 5.41) is 0.0930. The summed E-state index contributed by atoms with van der Waals surface area (Å²) in [6.07, 6.45) is 6.49. The second kappa shape index (κ2) is 6.92. The van der Waals surface area contributed by atoms with E-state index in [2.05, 4.69) is 4.72 Å². The molecule has 2 unspecified atom stereocenters. The van der Waals surface area contributed by atoms with Crippen molar-refractivity contribution in [3.8, 4) is 0 Å². The Balaban J connectivity index is 1.37. The molecule has 0 heterocycles. The van der Waals surface area contributed by atoms with Crippen LogP contribution in [0.2, 0.25) is 10.0 Å². The Morgan fingerprint density at radius 1 is 1.10 bits per heavy atom. The highest BCUT2D eigenvalue weighted by Crippen LogP contribution is 2.66. The first-order valence-corrected chi connectivity index (χ1v) is 13.0. The molecule has 3 N–H and O–H groups in total. The van der Waals surface area contributed by atoms with E-state index in [1.807, 2.05) is 0 Å². The van der Waals surface area contributed by atoms with E-state index in [0.717, 1.165) is 32.1 Å². The molecular weight excluding hydrogens is 459 g/mol. The largest absolute Gasteiger partial charge is 0.369 e. The summed E-state index contributed by atoms with van der Waals surface area (Å²) in [7, 11) is -4.01. The number of benzene rings is 1. The van der Waals surface area contributed by atoms with Gasteiger partial charge in [0, 0.05) is 6.42 Å². The van der Waals surface area contributed by atoms with Gasteiger partial charge in [-0.05, 0) is 80.8 Å². The predicted octanol–water partition coefficient (Wildman–Crippen LogP) is 3.84. The number of sulfonamides is 1. The first-order chi connectivity index (χ1) is 14.5. The molecule has 0 aliphatic heterocycles. The van der Waals surface area contributed by atoms with Gasteiger partial charge < -0.3 is 5.73 Å². The Morgan fingerprint density at radius 3 is 2.32 bits per heavy atom. The fourth-order valence-electron chi connectivity index (χ4n) is 7.02. The Morgan fingerprint density at radius 2 is 1.74 bits per heavy atom. The first kappa shape index (κ1) is 21.7. The van der Waals surface area contributed by atoms with Crippen LogP contribution in [0, 0.1) is 22.7 Å². The van der Waals surface area contributed by atoms with Crippen molar-refractivity contribution in [3.05, 3.63) is 28.2 Å². The van der Waals surface area contributed by atoms with Gasteiger partial charge in [0.1, 0.15) is 4.90 Å². The topological polar surface area (TPSA) is 106 Å². The van der Waals surface area contributed by atoms with Gasteiger partial charge in [0.05, 0.1) is 21.0 Å². The third-order valence-electron chi connectivity index (χ3n) is 8.06. The smallest absolute Gasteiger partial charge is 0.243 e. The van der Waals surface area contributed by atoms with Crippen LogP contribution in [0.1, 0.15) is 57.8 Å². The molecule has 6 rings (SSSR count). The number of primary amides is 1. The van der Waals surface area contributed by atoms with Gasteiger partial charge in [-0.25, -0.2) is 8.42 Å². The lowest BCUT2D eigenvalue weighted by Gasteiger charge is -2.61. The normalized spacial score (nSPS) is 35.2. The Labute approximate surface area is 192 Å². The summed E-state index contributed by atoms with van der Waals surface area (Å²) in [5.74, 6) is 0.531. The van der Waals surface area contributed by atoms with Crippen molar-refractivity contribution < 1.29 is 18.0 Å². The maximum Gasteiger partial charge on any atom is 0.243 e. The number of Topliss-reactive ketones (excluding diaryl/α,β-unsaturated/α-hetero) is 1. The third-order valence-corrected chi connectivity index (χ3v) is 10.6. The molecule has 9 heteroatoms. The van der Waals surface area contributed by atoms with Gasteiger partial charge in [-0.1, -0.05) is 29.3 Å². The molecule has 5 fully saturated rings. The van der Waals surface area contributed by atoms with Crippen LogP contribution in [-0.2, 0) is 19.6 Å². The van der Waals surface area contributed by atoms with Crippen molar-refractivity contribution >= 4 is 44.9 Å². The number of halogens is 2. The van der Waals surface area contributed by atoms with Crippen LogP contribution in [0.3, 0.4) is 0 Å². The van der Waals surface area contributed by atoms with Crippen molar-refractivity contribution in [2.24, 2.45) is 28.4 Å². The highest BCUT2D eigenvalue weighted by atomic mass is 35.5. The van der Waals surface area contributed by atoms with E-state index in [9.17, 15) is 18.0 Å². The van der Waals surface area contributed by atoms with E-state index >= 15 is 0 Å². The number of carbonyl (C=O) groups is 2. The minimum Gasteiger partial charge on any atom is -0.369 e. The van der Waals surface area contributed by atoms with Crippen LogP contribution in [0.25, 0.3) is 0 Å². The highest BCUT2D eigenvalue weighted by molar-refractivity contribution is 7.89. The van der Waals surface area contributed by atoms with Crippen LogP contribution < -0.4 is 10.5 Å². The van der Waals surface area contributed by atoms with Crippen LogP contribution in [0.15, 0.2) is 23.1 Å². The second-order valence-electron chi connectivity index (χ2n) is 10.4. The lowest BCUT2D eigenvalue weighted by molar-refractivity contribution is -0.158. The molecule has 0 aromatic heterocycles. The van der Waals surface area contributed by atoms with Crippen LogP contribution in [-0.4, -0.2) is 25.6 Å².